The quantitative estimate of drug-likeness (QED) is 0.860. The number of rotatable bonds is 1. The first kappa shape index (κ1) is 12.3. The number of nitrogens with one attached hydrogen (secondary N) is 1. The molecule has 2 aliphatic rings. The lowest BCUT2D eigenvalue weighted by Crippen LogP contribution is -2.55. The Morgan fingerprint density at radius 2 is 2.11 bits per heavy atom. The molecule has 0 radical (unpaired) electrons. The zero-order valence-corrected chi connectivity index (χ0v) is 11.4. The summed E-state index contributed by atoms with van der Waals surface area (Å²) in [6.07, 6.45) is 2.15. The van der Waals surface area contributed by atoms with Gasteiger partial charge >= 0.3 is 0 Å². The zero-order valence-electron chi connectivity index (χ0n) is 9.88. The van der Waals surface area contributed by atoms with Crippen LogP contribution in [0.15, 0.2) is 18.2 Å². The summed E-state index contributed by atoms with van der Waals surface area (Å²) >= 11 is 12.1. The average Bonchev–Trinajstić information content (AvgIpc) is 3.13. The van der Waals surface area contributed by atoms with Gasteiger partial charge in [0.25, 0.3) is 5.91 Å². The molecule has 1 aliphatic carbocycles. The van der Waals surface area contributed by atoms with Crippen molar-refractivity contribution in [1.29, 1.82) is 0 Å². The lowest BCUT2D eigenvalue weighted by molar-refractivity contribution is 0.0601. The molecular formula is C13H14Cl2N2O. The summed E-state index contributed by atoms with van der Waals surface area (Å²) in [5.74, 6) is 0.00139. The molecule has 1 saturated heterocycles. The topological polar surface area (TPSA) is 32.3 Å². The number of benzene rings is 1. The first-order valence-electron chi connectivity index (χ1n) is 6.11. The third-order valence-electron chi connectivity index (χ3n) is 3.79. The van der Waals surface area contributed by atoms with Crippen LogP contribution in [0, 0.1) is 0 Å². The fourth-order valence-electron chi connectivity index (χ4n) is 2.57. The fraction of sp³-hybridized carbons (Fsp3) is 0.462. The van der Waals surface area contributed by atoms with Crippen LogP contribution >= 0.6 is 23.2 Å². The minimum atomic E-state index is 0.00139. The number of carbonyl (C=O) groups excluding carboxylic acids is 1. The second kappa shape index (κ2) is 4.41. The Labute approximate surface area is 116 Å². The summed E-state index contributed by atoms with van der Waals surface area (Å²) < 4.78 is 0. The largest absolute Gasteiger partial charge is 0.330 e. The molecule has 3 nitrogen and oxygen atoms in total. The SMILES string of the molecule is O=C(c1cccc(Cl)c1Cl)N1CCNCC12CC2. The molecular weight excluding hydrogens is 271 g/mol. The predicted octanol–water partition coefficient (Wildman–Crippen LogP) is 2.57. The molecule has 2 fully saturated rings. The molecule has 1 aromatic rings. The van der Waals surface area contributed by atoms with Gasteiger partial charge in [0.2, 0.25) is 0 Å². The van der Waals surface area contributed by atoms with Crippen LogP contribution < -0.4 is 5.32 Å². The van der Waals surface area contributed by atoms with Crippen LogP contribution in [-0.2, 0) is 0 Å². The van der Waals surface area contributed by atoms with Crippen molar-refractivity contribution in [3.8, 4) is 0 Å². The van der Waals surface area contributed by atoms with Gasteiger partial charge in [0.1, 0.15) is 0 Å². The molecule has 0 unspecified atom stereocenters. The lowest BCUT2D eigenvalue weighted by atomic mass is 10.1. The molecule has 1 aromatic carbocycles. The van der Waals surface area contributed by atoms with E-state index in [4.69, 9.17) is 23.2 Å². The average molecular weight is 285 g/mol. The van der Waals surface area contributed by atoms with E-state index in [1.54, 1.807) is 18.2 Å². The van der Waals surface area contributed by atoms with Crippen LogP contribution in [-0.4, -0.2) is 36.0 Å². The van der Waals surface area contributed by atoms with E-state index >= 15 is 0 Å². The van der Waals surface area contributed by atoms with Gasteiger partial charge in [-0.2, -0.15) is 0 Å². The van der Waals surface area contributed by atoms with Gasteiger partial charge in [-0.3, -0.25) is 4.79 Å². The molecule has 1 N–H and O–H groups in total. The number of carbonyl (C=O) groups is 1. The maximum atomic E-state index is 12.6. The Kier molecular flexibility index (Phi) is 3.00. The monoisotopic (exact) mass is 284 g/mol. The molecule has 0 bridgehead atoms. The van der Waals surface area contributed by atoms with Gasteiger partial charge in [0.15, 0.2) is 0 Å². The minimum absolute atomic E-state index is 0.00139. The van der Waals surface area contributed by atoms with Gasteiger partial charge in [0.05, 0.1) is 21.1 Å². The minimum Gasteiger partial charge on any atom is -0.330 e. The molecule has 1 amide bonds. The summed E-state index contributed by atoms with van der Waals surface area (Å²) in [5.41, 5.74) is 0.540. The van der Waals surface area contributed by atoms with Gasteiger partial charge in [-0.1, -0.05) is 29.3 Å². The van der Waals surface area contributed by atoms with Crippen LogP contribution in [0.2, 0.25) is 10.0 Å². The molecule has 1 aliphatic heterocycles. The van der Waals surface area contributed by atoms with Gasteiger partial charge < -0.3 is 10.2 Å². The van der Waals surface area contributed by atoms with Gasteiger partial charge in [-0.25, -0.2) is 0 Å². The van der Waals surface area contributed by atoms with E-state index in [1.807, 2.05) is 4.90 Å². The van der Waals surface area contributed by atoms with E-state index in [2.05, 4.69) is 5.32 Å². The molecule has 3 rings (SSSR count). The first-order chi connectivity index (χ1) is 8.64. The third kappa shape index (κ3) is 1.91. The second-order valence-corrected chi connectivity index (χ2v) is 5.74. The Balaban J connectivity index is 1.92. The van der Waals surface area contributed by atoms with Gasteiger partial charge in [-0.15, -0.1) is 0 Å². The van der Waals surface area contributed by atoms with Crippen molar-refractivity contribution in [3.63, 3.8) is 0 Å². The number of halogens is 2. The van der Waals surface area contributed by atoms with Crippen molar-refractivity contribution in [3.05, 3.63) is 33.8 Å². The van der Waals surface area contributed by atoms with E-state index in [1.165, 1.54) is 0 Å². The zero-order chi connectivity index (χ0) is 12.8. The number of amides is 1. The van der Waals surface area contributed by atoms with Crippen molar-refractivity contribution in [2.24, 2.45) is 0 Å². The molecule has 96 valence electrons. The number of piperazine rings is 1. The Morgan fingerprint density at radius 1 is 1.33 bits per heavy atom. The maximum absolute atomic E-state index is 12.6. The molecule has 18 heavy (non-hydrogen) atoms. The molecule has 1 spiro atoms. The number of nitrogens with zero attached hydrogens (tertiary/aromatic N) is 1. The van der Waals surface area contributed by atoms with E-state index in [9.17, 15) is 4.79 Å². The van der Waals surface area contributed by atoms with Crippen molar-refractivity contribution in [2.75, 3.05) is 19.6 Å². The summed E-state index contributed by atoms with van der Waals surface area (Å²) in [6.45, 7) is 2.46. The summed E-state index contributed by atoms with van der Waals surface area (Å²) in [4.78, 5) is 14.5. The van der Waals surface area contributed by atoms with E-state index in [0.29, 0.717) is 15.6 Å². The lowest BCUT2D eigenvalue weighted by Gasteiger charge is -2.37. The Morgan fingerprint density at radius 3 is 2.83 bits per heavy atom. The standard InChI is InChI=1S/C13H14Cl2N2O/c14-10-3-1-2-9(11(10)15)12(18)17-7-6-16-8-13(17)4-5-13/h1-3,16H,4-8H2. The van der Waals surface area contributed by atoms with Crippen LogP contribution in [0.25, 0.3) is 0 Å². The fourth-order valence-corrected chi connectivity index (χ4v) is 2.95. The van der Waals surface area contributed by atoms with Crippen molar-refractivity contribution in [1.82, 2.24) is 10.2 Å². The molecule has 0 atom stereocenters. The van der Waals surface area contributed by atoms with Gasteiger partial charge in [-0.05, 0) is 25.0 Å². The number of hydrogen-bond acceptors (Lipinski definition) is 2. The maximum Gasteiger partial charge on any atom is 0.255 e. The molecule has 5 heteroatoms. The smallest absolute Gasteiger partial charge is 0.255 e. The van der Waals surface area contributed by atoms with Crippen LogP contribution in [0.4, 0.5) is 0 Å². The highest BCUT2D eigenvalue weighted by Crippen LogP contribution is 2.43. The summed E-state index contributed by atoms with van der Waals surface area (Å²) in [6, 6.07) is 5.21. The van der Waals surface area contributed by atoms with Crippen molar-refractivity contribution < 1.29 is 4.79 Å². The van der Waals surface area contributed by atoms with Crippen LogP contribution in [0.5, 0.6) is 0 Å². The van der Waals surface area contributed by atoms with Crippen LogP contribution in [0.3, 0.4) is 0 Å². The number of hydrogen-bond donors (Lipinski definition) is 1. The normalized spacial score (nSPS) is 21.1. The highest BCUT2D eigenvalue weighted by molar-refractivity contribution is 6.43. The predicted molar refractivity (Wildman–Crippen MR) is 72.3 cm³/mol. The third-order valence-corrected chi connectivity index (χ3v) is 4.61. The Bertz CT molecular complexity index is 500. The van der Waals surface area contributed by atoms with E-state index < -0.39 is 0 Å². The summed E-state index contributed by atoms with van der Waals surface area (Å²) in [5, 5.41) is 4.14. The van der Waals surface area contributed by atoms with Crippen molar-refractivity contribution in [2.45, 2.75) is 18.4 Å². The molecule has 1 heterocycles. The van der Waals surface area contributed by atoms with E-state index in [0.717, 1.165) is 32.5 Å². The van der Waals surface area contributed by atoms with Gasteiger partial charge in [0, 0.05) is 19.6 Å². The van der Waals surface area contributed by atoms with E-state index in [-0.39, 0.29) is 11.4 Å². The Hall–Kier alpha value is -0.770. The van der Waals surface area contributed by atoms with Crippen molar-refractivity contribution >= 4 is 29.1 Å². The second-order valence-electron chi connectivity index (χ2n) is 4.96. The molecule has 1 saturated carbocycles. The highest BCUT2D eigenvalue weighted by Gasteiger charge is 2.51. The highest BCUT2D eigenvalue weighted by atomic mass is 35.5. The summed E-state index contributed by atoms with van der Waals surface area (Å²) in [7, 11) is 0. The first-order valence-corrected chi connectivity index (χ1v) is 6.86. The molecule has 0 aromatic heterocycles. The van der Waals surface area contributed by atoms with Crippen LogP contribution in [0.1, 0.15) is 23.2 Å².